The van der Waals surface area contributed by atoms with Crippen molar-refractivity contribution in [1.29, 1.82) is 0 Å². The zero-order chi connectivity index (χ0) is 21.5. The standard InChI is InChI=1S/C20H18F3N3O3S/c1-24-30(27,28)16-9-10-19(29-15-7-5-14(6-8-15)20(21,22)23)18(11-16)26-12-13-3-2-4-17(13)25-26/h5-12,24H,2-4H2,1H3. The number of alkyl halides is 3. The van der Waals surface area contributed by atoms with Gasteiger partial charge in [0.15, 0.2) is 5.75 Å². The van der Waals surface area contributed by atoms with Gasteiger partial charge in [0.05, 0.1) is 16.2 Å². The Labute approximate surface area is 171 Å². The lowest BCUT2D eigenvalue weighted by Crippen LogP contribution is -2.18. The molecule has 0 fully saturated rings. The van der Waals surface area contributed by atoms with Crippen LogP contribution in [-0.2, 0) is 29.0 Å². The van der Waals surface area contributed by atoms with Crippen molar-refractivity contribution < 1.29 is 26.3 Å². The molecular formula is C20H18F3N3O3S. The first kappa shape index (κ1) is 20.4. The Morgan fingerprint density at radius 2 is 1.83 bits per heavy atom. The number of nitrogens with one attached hydrogen (secondary N) is 1. The first-order valence-corrected chi connectivity index (χ1v) is 10.7. The van der Waals surface area contributed by atoms with Crippen LogP contribution in [0.2, 0.25) is 0 Å². The highest BCUT2D eigenvalue weighted by Crippen LogP contribution is 2.34. The molecule has 1 heterocycles. The van der Waals surface area contributed by atoms with Crippen molar-refractivity contribution in [3.8, 4) is 17.2 Å². The van der Waals surface area contributed by atoms with Crippen molar-refractivity contribution in [1.82, 2.24) is 14.5 Å². The predicted molar refractivity (Wildman–Crippen MR) is 103 cm³/mol. The molecule has 0 spiro atoms. The van der Waals surface area contributed by atoms with Crippen LogP contribution in [0, 0.1) is 0 Å². The van der Waals surface area contributed by atoms with Gasteiger partial charge in [-0.1, -0.05) is 0 Å². The fourth-order valence-corrected chi connectivity index (χ4v) is 4.07. The van der Waals surface area contributed by atoms with E-state index < -0.39 is 21.8 Å². The summed E-state index contributed by atoms with van der Waals surface area (Å²) < 4.78 is 72.4. The van der Waals surface area contributed by atoms with E-state index in [1.165, 1.54) is 37.4 Å². The van der Waals surface area contributed by atoms with Crippen LogP contribution in [0.4, 0.5) is 13.2 Å². The summed E-state index contributed by atoms with van der Waals surface area (Å²) in [5.74, 6) is 0.458. The summed E-state index contributed by atoms with van der Waals surface area (Å²) in [7, 11) is -2.40. The maximum Gasteiger partial charge on any atom is 0.416 e. The topological polar surface area (TPSA) is 73.2 Å². The van der Waals surface area contributed by atoms with Gasteiger partial charge in [-0.25, -0.2) is 17.8 Å². The molecule has 1 aliphatic carbocycles. The van der Waals surface area contributed by atoms with Crippen molar-refractivity contribution in [2.24, 2.45) is 0 Å². The molecule has 4 rings (SSSR count). The lowest BCUT2D eigenvalue weighted by Gasteiger charge is -2.14. The predicted octanol–water partition coefficient (Wildman–Crippen LogP) is 4.08. The van der Waals surface area contributed by atoms with E-state index in [4.69, 9.17) is 4.74 Å². The largest absolute Gasteiger partial charge is 0.455 e. The molecule has 1 N–H and O–H groups in total. The fraction of sp³-hybridized carbons (Fsp3) is 0.250. The number of ether oxygens (including phenoxy) is 1. The van der Waals surface area contributed by atoms with Gasteiger partial charge in [-0.05, 0) is 74.3 Å². The first-order chi connectivity index (χ1) is 14.2. The number of benzene rings is 2. The zero-order valence-electron chi connectivity index (χ0n) is 15.9. The summed E-state index contributed by atoms with van der Waals surface area (Å²) in [5.41, 5.74) is 1.62. The van der Waals surface area contributed by atoms with E-state index in [0.717, 1.165) is 42.7 Å². The van der Waals surface area contributed by atoms with Crippen LogP contribution in [0.25, 0.3) is 5.69 Å². The maximum absolute atomic E-state index is 12.8. The lowest BCUT2D eigenvalue weighted by atomic mass is 10.2. The minimum atomic E-state index is -4.44. The smallest absolute Gasteiger partial charge is 0.416 e. The van der Waals surface area contributed by atoms with Crippen LogP contribution in [0.3, 0.4) is 0 Å². The van der Waals surface area contributed by atoms with Gasteiger partial charge in [0.25, 0.3) is 0 Å². The van der Waals surface area contributed by atoms with Gasteiger partial charge >= 0.3 is 6.18 Å². The highest BCUT2D eigenvalue weighted by atomic mass is 32.2. The molecule has 0 bridgehead atoms. The second kappa shape index (κ2) is 7.44. The van der Waals surface area contributed by atoms with E-state index in [-0.39, 0.29) is 16.4 Å². The number of rotatable bonds is 5. The van der Waals surface area contributed by atoms with E-state index in [9.17, 15) is 21.6 Å². The molecule has 30 heavy (non-hydrogen) atoms. The van der Waals surface area contributed by atoms with Crippen LogP contribution in [0.15, 0.2) is 53.6 Å². The summed E-state index contributed by atoms with van der Waals surface area (Å²) in [6, 6.07) is 8.54. The number of aromatic nitrogens is 2. The van der Waals surface area contributed by atoms with Crippen molar-refractivity contribution in [3.05, 3.63) is 65.5 Å². The normalized spacial score (nSPS) is 14.0. The third-order valence-corrected chi connectivity index (χ3v) is 6.31. The monoisotopic (exact) mass is 437 g/mol. The van der Waals surface area contributed by atoms with E-state index in [1.54, 1.807) is 4.68 Å². The minimum Gasteiger partial charge on any atom is -0.455 e. The van der Waals surface area contributed by atoms with E-state index in [1.807, 2.05) is 6.20 Å². The number of hydrogen-bond donors (Lipinski definition) is 1. The number of fused-ring (bicyclic) bond motifs is 1. The van der Waals surface area contributed by atoms with Gasteiger partial charge in [-0.2, -0.15) is 18.3 Å². The summed E-state index contributed by atoms with van der Waals surface area (Å²) >= 11 is 0. The Morgan fingerprint density at radius 3 is 2.47 bits per heavy atom. The third kappa shape index (κ3) is 3.92. The molecule has 158 valence electrons. The van der Waals surface area contributed by atoms with Gasteiger partial charge < -0.3 is 4.74 Å². The molecule has 3 aromatic rings. The summed E-state index contributed by atoms with van der Waals surface area (Å²) in [6.45, 7) is 0. The minimum absolute atomic E-state index is 0.0235. The number of halogens is 3. The number of aryl methyl sites for hydroxylation is 2. The molecule has 0 amide bonds. The van der Waals surface area contributed by atoms with Crippen LogP contribution in [-0.4, -0.2) is 25.2 Å². The highest BCUT2D eigenvalue weighted by Gasteiger charge is 2.30. The molecular weight excluding hydrogens is 419 g/mol. The number of hydrogen-bond acceptors (Lipinski definition) is 4. The molecule has 0 unspecified atom stereocenters. The second-order valence-electron chi connectivity index (χ2n) is 6.86. The Kier molecular flexibility index (Phi) is 5.07. The van der Waals surface area contributed by atoms with E-state index in [0.29, 0.717) is 5.69 Å². The van der Waals surface area contributed by atoms with Crippen molar-refractivity contribution in [2.45, 2.75) is 30.3 Å². The maximum atomic E-state index is 12.8. The van der Waals surface area contributed by atoms with Gasteiger partial charge in [0.2, 0.25) is 10.0 Å². The van der Waals surface area contributed by atoms with Gasteiger partial charge in [0, 0.05) is 6.20 Å². The molecule has 1 aromatic heterocycles. The van der Waals surface area contributed by atoms with Crippen LogP contribution < -0.4 is 9.46 Å². The van der Waals surface area contributed by atoms with Crippen molar-refractivity contribution >= 4 is 10.0 Å². The molecule has 1 aliphatic rings. The average molecular weight is 437 g/mol. The van der Waals surface area contributed by atoms with Gasteiger partial charge in [-0.3, -0.25) is 0 Å². The number of sulfonamides is 1. The van der Waals surface area contributed by atoms with E-state index in [2.05, 4.69) is 9.82 Å². The first-order valence-electron chi connectivity index (χ1n) is 9.18. The van der Waals surface area contributed by atoms with E-state index >= 15 is 0 Å². The van der Waals surface area contributed by atoms with Crippen LogP contribution >= 0.6 is 0 Å². The lowest BCUT2D eigenvalue weighted by molar-refractivity contribution is -0.137. The molecule has 0 atom stereocenters. The van der Waals surface area contributed by atoms with Crippen LogP contribution in [0.1, 0.15) is 23.2 Å². The summed E-state index contributed by atoms with van der Waals surface area (Å²) in [6.07, 6.45) is 0.127. The summed E-state index contributed by atoms with van der Waals surface area (Å²) in [4.78, 5) is 0.0235. The van der Waals surface area contributed by atoms with Crippen molar-refractivity contribution in [2.75, 3.05) is 7.05 Å². The molecule has 10 heteroatoms. The molecule has 0 saturated heterocycles. The Hall–Kier alpha value is -2.85. The Balaban J connectivity index is 1.75. The van der Waals surface area contributed by atoms with Gasteiger partial charge in [0.1, 0.15) is 11.4 Å². The number of nitrogens with zero attached hydrogens (tertiary/aromatic N) is 2. The molecule has 2 aromatic carbocycles. The quantitative estimate of drug-likeness (QED) is 0.653. The highest BCUT2D eigenvalue weighted by molar-refractivity contribution is 7.89. The summed E-state index contributed by atoms with van der Waals surface area (Å²) in [5, 5.41) is 4.53. The van der Waals surface area contributed by atoms with Crippen LogP contribution in [0.5, 0.6) is 11.5 Å². The molecule has 0 radical (unpaired) electrons. The second-order valence-corrected chi connectivity index (χ2v) is 8.75. The molecule has 0 aliphatic heterocycles. The molecule has 0 saturated carbocycles. The Morgan fingerprint density at radius 1 is 1.10 bits per heavy atom. The zero-order valence-corrected chi connectivity index (χ0v) is 16.7. The third-order valence-electron chi connectivity index (χ3n) is 4.90. The SMILES string of the molecule is CNS(=O)(=O)c1ccc(Oc2ccc(C(F)(F)F)cc2)c(-n2cc3c(n2)CCC3)c1. The van der Waals surface area contributed by atoms with Crippen molar-refractivity contribution in [3.63, 3.8) is 0 Å². The fourth-order valence-electron chi connectivity index (χ4n) is 3.32. The molecule has 6 nitrogen and oxygen atoms in total. The average Bonchev–Trinajstić information content (AvgIpc) is 3.30. The van der Waals surface area contributed by atoms with Gasteiger partial charge in [-0.15, -0.1) is 0 Å². The Bertz CT molecular complexity index is 1160.